The second kappa shape index (κ2) is 3.37. The SMILES string of the molecule is CC(C)(C)c1c[nH]c(=O)c2c(N)cccc12. The summed E-state index contributed by atoms with van der Waals surface area (Å²) in [6.45, 7) is 6.34. The van der Waals surface area contributed by atoms with Gasteiger partial charge in [-0.2, -0.15) is 0 Å². The summed E-state index contributed by atoms with van der Waals surface area (Å²) in [7, 11) is 0. The van der Waals surface area contributed by atoms with Gasteiger partial charge in [0, 0.05) is 11.9 Å². The fraction of sp³-hybridized carbons (Fsp3) is 0.308. The smallest absolute Gasteiger partial charge is 0.257 e. The molecule has 3 heteroatoms. The van der Waals surface area contributed by atoms with Crippen LogP contribution in [0, 0.1) is 0 Å². The fourth-order valence-corrected chi connectivity index (χ4v) is 1.96. The van der Waals surface area contributed by atoms with Crippen LogP contribution >= 0.6 is 0 Å². The van der Waals surface area contributed by atoms with Crippen molar-refractivity contribution in [3.8, 4) is 0 Å². The lowest BCUT2D eigenvalue weighted by atomic mass is 9.85. The second-order valence-electron chi connectivity index (χ2n) is 5.05. The summed E-state index contributed by atoms with van der Waals surface area (Å²) in [6.07, 6.45) is 1.78. The van der Waals surface area contributed by atoms with Crippen molar-refractivity contribution in [2.24, 2.45) is 0 Å². The van der Waals surface area contributed by atoms with Crippen LogP contribution in [-0.4, -0.2) is 4.98 Å². The van der Waals surface area contributed by atoms with Gasteiger partial charge in [0.25, 0.3) is 5.56 Å². The number of pyridine rings is 1. The van der Waals surface area contributed by atoms with Crippen LogP contribution in [0.25, 0.3) is 10.8 Å². The number of hydrogen-bond donors (Lipinski definition) is 2. The highest BCUT2D eigenvalue weighted by Gasteiger charge is 2.18. The molecule has 0 atom stereocenters. The molecule has 0 amide bonds. The first-order chi connectivity index (χ1) is 7.41. The number of H-pyrrole nitrogens is 1. The highest BCUT2D eigenvalue weighted by Crippen LogP contribution is 2.29. The van der Waals surface area contributed by atoms with Crippen LogP contribution in [0.4, 0.5) is 5.69 Å². The minimum absolute atomic E-state index is 0.0176. The van der Waals surface area contributed by atoms with Crippen LogP contribution in [-0.2, 0) is 5.41 Å². The van der Waals surface area contributed by atoms with E-state index in [4.69, 9.17) is 5.73 Å². The van der Waals surface area contributed by atoms with Gasteiger partial charge in [-0.25, -0.2) is 0 Å². The average Bonchev–Trinajstić information content (AvgIpc) is 2.16. The average molecular weight is 216 g/mol. The molecular formula is C13H16N2O. The molecule has 84 valence electrons. The maximum absolute atomic E-state index is 11.7. The molecule has 3 nitrogen and oxygen atoms in total. The molecule has 0 fully saturated rings. The molecular weight excluding hydrogens is 200 g/mol. The van der Waals surface area contributed by atoms with Crippen molar-refractivity contribution in [2.75, 3.05) is 5.73 Å². The van der Waals surface area contributed by atoms with E-state index in [2.05, 4.69) is 25.8 Å². The monoisotopic (exact) mass is 216 g/mol. The maximum Gasteiger partial charge on any atom is 0.257 e. The molecule has 0 aliphatic carbocycles. The van der Waals surface area contributed by atoms with E-state index in [-0.39, 0.29) is 11.0 Å². The lowest BCUT2D eigenvalue weighted by Crippen LogP contribution is -2.17. The number of nitrogens with one attached hydrogen (secondary N) is 1. The summed E-state index contributed by atoms with van der Waals surface area (Å²) >= 11 is 0. The third-order valence-corrected chi connectivity index (χ3v) is 2.77. The molecule has 0 saturated heterocycles. The first-order valence-corrected chi connectivity index (χ1v) is 5.31. The van der Waals surface area contributed by atoms with E-state index in [1.807, 2.05) is 12.1 Å². The Balaban J connectivity index is 2.96. The van der Waals surface area contributed by atoms with Gasteiger partial charge in [-0.1, -0.05) is 32.9 Å². The van der Waals surface area contributed by atoms with Crippen molar-refractivity contribution in [3.05, 3.63) is 40.3 Å². The molecule has 0 aliphatic heterocycles. The number of fused-ring (bicyclic) bond motifs is 1. The summed E-state index contributed by atoms with van der Waals surface area (Å²) in [4.78, 5) is 14.5. The van der Waals surface area contributed by atoms with Crippen LogP contribution in [0.1, 0.15) is 26.3 Å². The van der Waals surface area contributed by atoms with Gasteiger partial charge in [0.05, 0.1) is 5.39 Å². The van der Waals surface area contributed by atoms with Crippen molar-refractivity contribution in [1.82, 2.24) is 4.98 Å². The zero-order valence-corrected chi connectivity index (χ0v) is 9.79. The Morgan fingerprint density at radius 3 is 2.56 bits per heavy atom. The summed E-state index contributed by atoms with van der Waals surface area (Å²) in [6, 6.07) is 5.58. The quantitative estimate of drug-likeness (QED) is 0.664. The van der Waals surface area contributed by atoms with Crippen LogP contribution in [0.2, 0.25) is 0 Å². The predicted octanol–water partition coefficient (Wildman–Crippen LogP) is 2.41. The zero-order valence-electron chi connectivity index (χ0n) is 9.79. The van der Waals surface area contributed by atoms with E-state index in [9.17, 15) is 4.79 Å². The van der Waals surface area contributed by atoms with Crippen LogP contribution in [0.5, 0.6) is 0 Å². The minimum Gasteiger partial charge on any atom is -0.398 e. The Bertz CT molecular complexity index is 591. The summed E-state index contributed by atoms with van der Waals surface area (Å²) in [5.41, 5.74) is 7.35. The highest BCUT2D eigenvalue weighted by atomic mass is 16.1. The second-order valence-corrected chi connectivity index (χ2v) is 5.05. The molecule has 2 rings (SSSR count). The molecule has 0 unspecified atom stereocenters. The Morgan fingerprint density at radius 2 is 1.94 bits per heavy atom. The lowest BCUT2D eigenvalue weighted by molar-refractivity contribution is 0.593. The van der Waals surface area contributed by atoms with Crippen LogP contribution in [0.15, 0.2) is 29.2 Å². The largest absolute Gasteiger partial charge is 0.398 e. The number of nitrogen functional groups attached to an aromatic ring is 1. The molecule has 0 bridgehead atoms. The molecule has 0 aliphatic rings. The van der Waals surface area contributed by atoms with E-state index in [0.717, 1.165) is 10.9 Å². The molecule has 0 saturated carbocycles. The third kappa shape index (κ3) is 1.58. The fourth-order valence-electron chi connectivity index (χ4n) is 1.96. The maximum atomic E-state index is 11.7. The normalized spacial score (nSPS) is 11.9. The Morgan fingerprint density at radius 1 is 1.25 bits per heavy atom. The van der Waals surface area contributed by atoms with Crippen molar-refractivity contribution in [2.45, 2.75) is 26.2 Å². The molecule has 3 N–H and O–H groups in total. The van der Waals surface area contributed by atoms with Crippen molar-refractivity contribution < 1.29 is 0 Å². The Labute approximate surface area is 94.3 Å². The predicted molar refractivity (Wildman–Crippen MR) is 67.7 cm³/mol. The first-order valence-electron chi connectivity index (χ1n) is 5.31. The number of aromatic amines is 1. The van der Waals surface area contributed by atoms with Gasteiger partial charge in [-0.05, 0) is 22.4 Å². The van der Waals surface area contributed by atoms with Crippen molar-refractivity contribution >= 4 is 16.5 Å². The van der Waals surface area contributed by atoms with Gasteiger partial charge in [0.1, 0.15) is 0 Å². The first kappa shape index (κ1) is 10.7. The number of hydrogen-bond acceptors (Lipinski definition) is 2. The number of nitrogens with two attached hydrogens (primary N) is 1. The van der Waals surface area contributed by atoms with E-state index < -0.39 is 0 Å². The Kier molecular flexibility index (Phi) is 2.26. The lowest BCUT2D eigenvalue weighted by Gasteiger charge is -2.21. The standard InChI is InChI=1S/C13H16N2O/c1-13(2,3)9-7-15-12(16)11-8(9)5-4-6-10(11)14/h4-7H,14H2,1-3H3,(H,15,16). The van der Waals surface area contributed by atoms with Crippen LogP contribution in [0.3, 0.4) is 0 Å². The third-order valence-electron chi connectivity index (χ3n) is 2.77. The van der Waals surface area contributed by atoms with Gasteiger partial charge < -0.3 is 10.7 Å². The van der Waals surface area contributed by atoms with Gasteiger partial charge in [-0.15, -0.1) is 0 Å². The molecule has 16 heavy (non-hydrogen) atoms. The van der Waals surface area contributed by atoms with E-state index >= 15 is 0 Å². The summed E-state index contributed by atoms with van der Waals surface area (Å²) in [5, 5.41) is 1.53. The van der Waals surface area contributed by atoms with E-state index in [1.54, 1.807) is 12.3 Å². The number of benzene rings is 1. The van der Waals surface area contributed by atoms with Gasteiger partial charge in [0.15, 0.2) is 0 Å². The van der Waals surface area contributed by atoms with Gasteiger partial charge in [-0.3, -0.25) is 4.79 Å². The van der Waals surface area contributed by atoms with Crippen molar-refractivity contribution in [1.29, 1.82) is 0 Å². The zero-order chi connectivity index (χ0) is 11.9. The Hall–Kier alpha value is -1.77. The number of rotatable bonds is 0. The minimum atomic E-state index is -0.124. The molecule has 2 aromatic rings. The number of aromatic nitrogens is 1. The highest BCUT2D eigenvalue weighted by molar-refractivity contribution is 5.94. The van der Waals surface area contributed by atoms with Gasteiger partial charge >= 0.3 is 0 Å². The summed E-state index contributed by atoms with van der Waals surface area (Å²) < 4.78 is 0. The molecule has 1 aromatic carbocycles. The van der Waals surface area contributed by atoms with E-state index in [0.29, 0.717) is 11.1 Å². The molecule has 1 aromatic heterocycles. The molecule has 0 spiro atoms. The van der Waals surface area contributed by atoms with Crippen molar-refractivity contribution in [3.63, 3.8) is 0 Å². The summed E-state index contributed by atoms with van der Waals surface area (Å²) in [5.74, 6) is 0. The molecule has 0 radical (unpaired) electrons. The topological polar surface area (TPSA) is 58.9 Å². The van der Waals surface area contributed by atoms with Crippen LogP contribution < -0.4 is 11.3 Å². The number of anilines is 1. The van der Waals surface area contributed by atoms with Gasteiger partial charge in [0.2, 0.25) is 0 Å². The van der Waals surface area contributed by atoms with E-state index in [1.165, 1.54) is 0 Å². The molecule has 1 heterocycles.